The third kappa shape index (κ3) is 8.30. The minimum absolute atomic E-state index is 0.138. The molecule has 0 spiro atoms. The van der Waals surface area contributed by atoms with Crippen LogP contribution in [-0.2, 0) is 23.9 Å². The summed E-state index contributed by atoms with van der Waals surface area (Å²) in [5, 5.41) is 15.7. The van der Waals surface area contributed by atoms with Crippen LogP contribution in [0.25, 0.3) is 10.9 Å². The normalized spacial score (nSPS) is 18.8. The molecule has 0 bridgehead atoms. The van der Waals surface area contributed by atoms with Crippen LogP contribution >= 0.6 is 0 Å². The second-order valence-corrected chi connectivity index (χ2v) is 12.2. The topological polar surface area (TPSA) is 188 Å². The van der Waals surface area contributed by atoms with Gasteiger partial charge in [-0.3, -0.25) is 24.0 Å². The van der Waals surface area contributed by atoms with Gasteiger partial charge in [0.2, 0.25) is 11.8 Å². The molecule has 2 aromatic rings. The molecule has 0 radical (unpaired) electrons. The Morgan fingerprint density at radius 3 is 2.38 bits per heavy atom. The van der Waals surface area contributed by atoms with Crippen LogP contribution in [0.4, 0.5) is 4.79 Å². The molecule has 258 valence electrons. The Hall–Kier alpha value is -4.95. The van der Waals surface area contributed by atoms with Crippen molar-refractivity contribution in [3.63, 3.8) is 0 Å². The van der Waals surface area contributed by atoms with Gasteiger partial charge in [0.25, 0.3) is 11.8 Å². The molecule has 1 aromatic heterocycles. The third-order valence-corrected chi connectivity index (χ3v) is 8.94. The molecule has 1 aliphatic carbocycles. The molecule has 15 nitrogen and oxygen atoms in total. The highest BCUT2D eigenvalue weighted by Gasteiger charge is 2.36. The standard InChI is InChI=1S/C33H42N6O9/c1-2-47-33(46)38-16-14-37(15-17-38)32(45)25(19-29(41)42)36-30(43)24-18-27(22-10-5-6-11-23(22)35-24)48-20-28(40)39-13-7-12-26(39)31(44)34-21-8-3-4-9-21/h5-6,10-11,18,21,25-26H,2-4,7-9,12-17,19-20H2,1H3,(H,34,44)(H,36,43)(H,41,42). The lowest BCUT2D eigenvalue weighted by atomic mass is 10.1. The Kier molecular flexibility index (Phi) is 11.3. The number of para-hydroxylation sites is 1. The lowest BCUT2D eigenvalue weighted by Gasteiger charge is -2.35. The number of carbonyl (C=O) groups excluding carboxylic acids is 5. The Bertz CT molecular complexity index is 1540. The summed E-state index contributed by atoms with van der Waals surface area (Å²) in [6, 6.07) is 6.39. The van der Waals surface area contributed by atoms with Crippen LogP contribution in [0.15, 0.2) is 30.3 Å². The predicted molar refractivity (Wildman–Crippen MR) is 171 cm³/mol. The number of fused-ring (bicyclic) bond motifs is 1. The van der Waals surface area contributed by atoms with Crippen LogP contribution < -0.4 is 15.4 Å². The molecule has 1 aromatic carbocycles. The van der Waals surface area contributed by atoms with E-state index >= 15 is 0 Å². The largest absolute Gasteiger partial charge is 0.483 e. The molecular formula is C33H42N6O9. The minimum Gasteiger partial charge on any atom is -0.483 e. The number of benzene rings is 1. The number of rotatable bonds is 11. The highest BCUT2D eigenvalue weighted by Crippen LogP contribution is 2.27. The first kappa shape index (κ1) is 34.4. The van der Waals surface area contributed by atoms with Crippen LogP contribution in [-0.4, -0.2) is 125 Å². The highest BCUT2D eigenvalue weighted by molar-refractivity contribution is 6.00. The van der Waals surface area contributed by atoms with Gasteiger partial charge in [0.1, 0.15) is 23.5 Å². The van der Waals surface area contributed by atoms with Gasteiger partial charge in [0.15, 0.2) is 6.61 Å². The fourth-order valence-corrected chi connectivity index (χ4v) is 6.46. The van der Waals surface area contributed by atoms with Crippen molar-refractivity contribution < 1.29 is 43.3 Å². The Balaban J connectivity index is 1.26. The molecule has 2 unspecified atom stereocenters. The molecule has 3 aliphatic rings. The average Bonchev–Trinajstić information content (AvgIpc) is 3.79. The fourth-order valence-electron chi connectivity index (χ4n) is 6.46. The monoisotopic (exact) mass is 666 g/mol. The quantitative estimate of drug-likeness (QED) is 0.318. The highest BCUT2D eigenvalue weighted by atomic mass is 16.6. The van der Waals surface area contributed by atoms with Crippen molar-refractivity contribution in [3.05, 3.63) is 36.0 Å². The van der Waals surface area contributed by atoms with Crippen LogP contribution in [0.2, 0.25) is 0 Å². The lowest BCUT2D eigenvalue weighted by molar-refractivity contribution is -0.143. The van der Waals surface area contributed by atoms with E-state index in [4.69, 9.17) is 9.47 Å². The average molecular weight is 667 g/mol. The van der Waals surface area contributed by atoms with E-state index in [1.807, 2.05) is 0 Å². The number of nitrogens with zero attached hydrogens (tertiary/aromatic N) is 4. The molecule has 2 saturated heterocycles. The van der Waals surface area contributed by atoms with Crippen molar-refractivity contribution in [2.75, 3.05) is 45.9 Å². The zero-order chi connectivity index (χ0) is 34.2. The summed E-state index contributed by atoms with van der Waals surface area (Å²) >= 11 is 0. The maximum Gasteiger partial charge on any atom is 0.409 e. The van der Waals surface area contributed by atoms with Gasteiger partial charge in [-0.1, -0.05) is 25.0 Å². The van der Waals surface area contributed by atoms with Gasteiger partial charge < -0.3 is 39.9 Å². The number of carbonyl (C=O) groups is 6. The van der Waals surface area contributed by atoms with Gasteiger partial charge in [-0.15, -0.1) is 0 Å². The van der Waals surface area contributed by atoms with Gasteiger partial charge >= 0.3 is 12.1 Å². The molecule has 2 atom stereocenters. The molecule has 1 saturated carbocycles. The van der Waals surface area contributed by atoms with E-state index in [9.17, 15) is 33.9 Å². The zero-order valence-corrected chi connectivity index (χ0v) is 27.0. The van der Waals surface area contributed by atoms with E-state index in [0.717, 1.165) is 25.7 Å². The first-order valence-corrected chi connectivity index (χ1v) is 16.5. The van der Waals surface area contributed by atoms with E-state index in [1.54, 1.807) is 31.2 Å². The second-order valence-electron chi connectivity index (χ2n) is 12.2. The lowest BCUT2D eigenvalue weighted by Crippen LogP contribution is -2.56. The molecule has 3 heterocycles. The molecule has 15 heteroatoms. The number of ether oxygens (including phenoxy) is 2. The maximum absolute atomic E-state index is 13.5. The van der Waals surface area contributed by atoms with Gasteiger partial charge in [-0.05, 0) is 44.7 Å². The summed E-state index contributed by atoms with van der Waals surface area (Å²) < 4.78 is 11.0. The summed E-state index contributed by atoms with van der Waals surface area (Å²) in [6.45, 7) is 2.66. The first-order chi connectivity index (χ1) is 23.1. The van der Waals surface area contributed by atoms with E-state index < -0.39 is 42.4 Å². The summed E-state index contributed by atoms with van der Waals surface area (Å²) in [5.41, 5.74) is 0.250. The number of aliphatic carboxylic acids is 1. The van der Waals surface area contributed by atoms with Crippen LogP contribution in [0.1, 0.15) is 62.4 Å². The number of nitrogens with one attached hydrogen (secondary N) is 2. The van der Waals surface area contributed by atoms with Crippen LogP contribution in [0.3, 0.4) is 0 Å². The van der Waals surface area contributed by atoms with Crippen molar-refractivity contribution in [1.82, 2.24) is 30.3 Å². The number of carboxylic acid groups (broad SMARTS) is 1. The fraction of sp³-hybridized carbons (Fsp3) is 0.545. The molecule has 2 aliphatic heterocycles. The van der Waals surface area contributed by atoms with Gasteiger partial charge in [-0.2, -0.15) is 0 Å². The molecule has 3 fully saturated rings. The molecular weight excluding hydrogens is 624 g/mol. The van der Waals surface area contributed by atoms with Crippen molar-refractivity contribution in [3.8, 4) is 5.75 Å². The number of piperazine rings is 1. The number of hydrogen-bond donors (Lipinski definition) is 3. The minimum atomic E-state index is -1.40. The number of hydrogen-bond acceptors (Lipinski definition) is 9. The summed E-state index contributed by atoms with van der Waals surface area (Å²) in [4.78, 5) is 85.6. The first-order valence-electron chi connectivity index (χ1n) is 16.5. The Labute approximate surface area is 277 Å². The number of likely N-dealkylation sites (tertiary alicyclic amines) is 1. The van der Waals surface area contributed by atoms with Gasteiger partial charge in [0, 0.05) is 50.2 Å². The predicted octanol–water partition coefficient (Wildman–Crippen LogP) is 1.54. The number of aromatic nitrogens is 1. The van der Waals surface area contributed by atoms with Crippen LogP contribution in [0.5, 0.6) is 5.75 Å². The summed E-state index contributed by atoms with van der Waals surface area (Å²) in [6.07, 6.45) is 4.17. The van der Waals surface area contributed by atoms with Gasteiger partial charge in [0.05, 0.1) is 18.5 Å². The van der Waals surface area contributed by atoms with E-state index in [-0.39, 0.29) is 68.7 Å². The van der Waals surface area contributed by atoms with E-state index in [2.05, 4.69) is 15.6 Å². The smallest absolute Gasteiger partial charge is 0.409 e. The number of amides is 5. The number of carboxylic acids is 1. The molecule has 5 amide bonds. The summed E-state index contributed by atoms with van der Waals surface area (Å²) in [7, 11) is 0. The van der Waals surface area contributed by atoms with Crippen LogP contribution in [0, 0.1) is 0 Å². The summed E-state index contributed by atoms with van der Waals surface area (Å²) in [5.74, 6) is -3.00. The van der Waals surface area contributed by atoms with Crippen molar-refractivity contribution in [2.24, 2.45) is 0 Å². The molecule has 5 rings (SSSR count). The van der Waals surface area contributed by atoms with Crippen molar-refractivity contribution in [1.29, 1.82) is 0 Å². The SMILES string of the molecule is CCOC(=O)N1CCN(C(=O)C(CC(=O)O)NC(=O)c2cc(OCC(=O)N3CCCC3C(=O)NC3CCCC3)c3ccccc3n2)CC1. The van der Waals surface area contributed by atoms with Crippen molar-refractivity contribution >= 4 is 46.6 Å². The Morgan fingerprint density at radius 2 is 1.67 bits per heavy atom. The van der Waals surface area contributed by atoms with Gasteiger partial charge in [-0.25, -0.2) is 9.78 Å². The zero-order valence-electron chi connectivity index (χ0n) is 27.0. The van der Waals surface area contributed by atoms with E-state index in [1.165, 1.54) is 20.8 Å². The molecule has 48 heavy (non-hydrogen) atoms. The number of pyridine rings is 1. The second kappa shape index (κ2) is 15.8. The van der Waals surface area contributed by atoms with E-state index in [0.29, 0.717) is 30.3 Å². The third-order valence-electron chi connectivity index (χ3n) is 8.94. The Morgan fingerprint density at radius 1 is 0.958 bits per heavy atom. The maximum atomic E-state index is 13.5. The van der Waals surface area contributed by atoms with Crippen molar-refractivity contribution in [2.45, 2.75) is 70.0 Å². The molecule has 3 N–H and O–H groups in total.